The molecular weight excluding hydrogens is 224 g/mol. The van der Waals surface area contributed by atoms with Crippen molar-refractivity contribution in [3.05, 3.63) is 12.2 Å². The molecule has 0 aromatic heterocycles. The van der Waals surface area contributed by atoms with Gasteiger partial charge in [-0.2, -0.15) is 0 Å². The van der Waals surface area contributed by atoms with Crippen LogP contribution < -0.4 is 0 Å². The van der Waals surface area contributed by atoms with E-state index < -0.39 is 5.97 Å². The number of hydrogen-bond donors (Lipinski definition) is 1. The van der Waals surface area contributed by atoms with Gasteiger partial charge in [-0.1, -0.05) is 65.9 Å². The third-order valence-corrected chi connectivity index (χ3v) is 3.92. The van der Waals surface area contributed by atoms with Crippen molar-refractivity contribution >= 4 is 5.97 Å². The van der Waals surface area contributed by atoms with E-state index in [0.717, 1.165) is 57.8 Å². The molecule has 0 unspecified atom stereocenters. The van der Waals surface area contributed by atoms with E-state index >= 15 is 0 Å². The van der Waals surface area contributed by atoms with Gasteiger partial charge in [0.05, 0.1) is 0 Å². The maximum absolute atomic E-state index is 11.3. The number of rotatable bonds is 11. The van der Waals surface area contributed by atoms with Crippen molar-refractivity contribution in [2.45, 2.75) is 78.6 Å². The molecule has 0 radical (unpaired) electrons. The number of carbonyl (C=O) groups is 1. The standard InChI is InChI=1S/C16H30O2/c1-5-8-11-16(12-9-6-2,13-10-7-3)14(4)15(17)18/h4-13H2,1-3H3,(H,17,18). The van der Waals surface area contributed by atoms with Crippen molar-refractivity contribution < 1.29 is 9.90 Å². The lowest BCUT2D eigenvalue weighted by atomic mass is 9.69. The maximum atomic E-state index is 11.3. The van der Waals surface area contributed by atoms with Gasteiger partial charge in [-0.05, 0) is 19.3 Å². The molecule has 0 bridgehead atoms. The van der Waals surface area contributed by atoms with Crippen molar-refractivity contribution in [3.63, 3.8) is 0 Å². The fraction of sp³-hybridized carbons (Fsp3) is 0.812. The number of carboxylic acid groups (broad SMARTS) is 1. The van der Waals surface area contributed by atoms with Crippen LogP contribution in [-0.2, 0) is 4.79 Å². The monoisotopic (exact) mass is 254 g/mol. The summed E-state index contributed by atoms with van der Waals surface area (Å²) in [7, 11) is 0. The van der Waals surface area contributed by atoms with Crippen LogP contribution in [0.2, 0.25) is 0 Å². The van der Waals surface area contributed by atoms with Crippen LogP contribution in [0.3, 0.4) is 0 Å². The summed E-state index contributed by atoms with van der Waals surface area (Å²) < 4.78 is 0. The Morgan fingerprint density at radius 2 is 1.28 bits per heavy atom. The predicted octanol–water partition coefficient (Wildman–Crippen LogP) is 5.18. The van der Waals surface area contributed by atoms with Crippen LogP contribution in [0.1, 0.15) is 78.6 Å². The van der Waals surface area contributed by atoms with Gasteiger partial charge >= 0.3 is 5.97 Å². The molecule has 2 nitrogen and oxygen atoms in total. The van der Waals surface area contributed by atoms with Crippen LogP contribution in [0, 0.1) is 5.41 Å². The Hall–Kier alpha value is -0.790. The lowest BCUT2D eigenvalue weighted by Gasteiger charge is -2.34. The Labute approximate surface area is 112 Å². The summed E-state index contributed by atoms with van der Waals surface area (Å²) in [6.07, 6.45) is 9.59. The van der Waals surface area contributed by atoms with E-state index in [9.17, 15) is 9.90 Å². The minimum Gasteiger partial charge on any atom is -0.478 e. The molecular formula is C16H30O2. The first-order valence-electron chi connectivity index (χ1n) is 7.46. The maximum Gasteiger partial charge on any atom is 0.331 e. The summed E-state index contributed by atoms with van der Waals surface area (Å²) in [6, 6.07) is 0. The SMILES string of the molecule is C=C(C(=O)O)C(CCCC)(CCCC)CCCC. The summed E-state index contributed by atoms with van der Waals surface area (Å²) in [6.45, 7) is 10.4. The second kappa shape index (κ2) is 9.18. The van der Waals surface area contributed by atoms with E-state index in [2.05, 4.69) is 27.4 Å². The average Bonchev–Trinajstić information content (AvgIpc) is 2.37. The summed E-state index contributed by atoms with van der Waals surface area (Å²) >= 11 is 0. The predicted molar refractivity (Wildman–Crippen MR) is 77.8 cm³/mol. The molecule has 0 heterocycles. The molecule has 0 atom stereocenters. The quantitative estimate of drug-likeness (QED) is 0.515. The number of carboxylic acids is 1. The van der Waals surface area contributed by atoms with Gasteiger partial charge in [-0.15, -0.1) is 0 Å². The molecule has 0 aliphatic carbocycles. The van der Waals surface area contributed by atoms with Crippen molar-refractivity contribution in [2.75, 3.05) is 0 Å². The number of unbranched alkanes of at least 4 members (excludes halogenated alkanes) is 3. The van der Waals surface area contributed by atoms with Gasteiger partial charge in [-0.25, -0.2) is 4.79 Å². The minimum atomic E-state index is -0.807. The van der Waals surface area contributed by atoms with E-state index in [4.69, 9.17) is 0 Å². The fourth-order valence-electron chi connectivity index (χ4n) is 2.60. The summed E-state index contributed by atoms with van der Waals surface area (Å²) in [5, 5.41) is 9.32. The normalized spacial score (nSPS) is 11.5. The highest BCUT2D eigenvalue weighted by molar-refractivity contribution is 5.87. The molecule has 2 heteroatoms. The van der Waals surface area contributed by atoms with Crippen LogP contribution in [0.4, 0.5) is 0 Å². The summed E-state index contributed by atoms with van der Waals surface area (Å²) in [5.41, 5.74) is 0.284. The van der Waals surface area contributed by atoms with Gasteiger partial charge in [0.15, 0.2) is 0 Å². The van der Waals surface area contributed by atoms with Gasteiger partial charge in [0.2, 0.25) is 0 Å². The summed E-state index contributed by atoms with van der Waals surface area (Å²) in [5.74, 6) is -0.807. The van der Waals surface area contributed by atoms with E-state index in [1.807, 2.05) is 0 Å². The zero-order valence-electron chi connectivity index (χ0n) is 12.4. The smallest absolute Gasteiger partial charge is 0.331 e. The second-order valence-electron chi connectivity index (χ2n) is 5.37. The summed E-state index contributed by atoms with van der Waals surface area (Å²) in [4.78, 5) is 11.3. The molecule has 0 fully saturated rings. The van der Waals surface area contributed by atoms with Crippen molar-refractivity contribution in [3.8, 4) is 0 Å². The Bertz CT molecular complexity index is 234. The molecule has 0 spiro atoms. The Morgan fingerprint density at radius 3 is 1.50 bits per heavy atom. The van der Waals surface area contributed by atoms with Crippen LogP contribution in [0.15, 0.2) is 12.2 Å². The number of aliphatic carboxylic acids is 1. The van der Waals surface area contributed by atoms with E-state index in [0.29, 0.717) is 5.57 Å². The lowest BCUT2D eigenvalue weighted by Crippen LogP contribution is -2.28. The first-order chi connectivity index (χ1) is 8.54. The van der Waals surface area contributed by atoms with Crippen molar-refractivity contribution in [2.24, 2.45) is 5.41 Å². The van der Waals surface area contributed by atoms with Gasteiger partial charge in [-0.3, -0.25) is 0 Å². The molecule has 0 aromatic carbocycles. The van der Waals surface area contributed by atoms with Crippen molar-refractivity contribution in [1.82, 2.24) is 0 Å². The highest BCUT2D eigenvalue weighted by Gasteiger charge is 2.34. The zero-order valence-corrected chi connectivity index (χ0v) is 12.4. The lowest BCUT2D eigenvalue weighted by molar-refractivity contribution is -0.134. The Balaban J connectivity index is 4.96. The van der Waals surface area contributed by atoms with Gasteiger partial charge in [0.25, 0.3) is 0 Å². The molecule has 0 aliphatic rings. The number of hydrogen-bond acceptors (Lipinski definition) is 1. The van der Waals surface area contributed by atoms with Gasteiger partial charge in [0.1, 0.15) is 0 Å². The largest absolute Gasteiger partial charge is 0.478 e. The molecule has 0 rings (SSSR count). The highest BCUT2D eigenvalue weighted by Crippen LogP contribution is 2.42. The minimum absolute atomic E-state index is 0.159. The van der Waals surface area contributed by atoms with Crippen LogP contribution in [0.5, 0.6) is 0 Å². The third kappa shape index (κ3) is 5.24. The highest BCUT2D eigenvalue weighted by atomic mass is 16.4. The van der Waals surface area contributed by atoms with E-state index in [-0.39, 0.29) is 5.41 Å². The molecule has 0 aromatic rings. The topological polar surface area (TPSA) is 37.3 Å². The van der Waals surface area contributed by atoms with Gasteiger partial charge < -0.3 is 5.11 Å². The molecule has 106 valence electrons. The zero-order chi connectivity index (χ0) is 14.0. The second-order valence-corrected chi connectivity index (χ2v) is 5.37. The van der Waals surface area contributed by atoms with Crippen LogP contribution in [-0.4, -0.2) is 11.1 Å². The first kappa shape index (κ1) is 17.2. The first-order valence-corrected chi connectivity index (χ1v) is 7.46. The molecule has 0 amide bonds. The Kier molecular flexibility index (Phi) is 8.78. The Morgan fingerprint density at radius 1 is 0.944 bits per heavy atom. The van der Waals surface area contributed by atoms with E-state index in [1.165, 1.54) is 0 Å². The molecule has 0 saturated heterocycles. The molecule has 0 aliphatic heterocycles. The average molecular weight is 254 g/mol. The van der Waals surface area contributed by atoms with E-state index in [1.54, 1.807) is 0 Å². The molecule has 1 N–H and O–H groups in total. The molecule has 18 heavy (non-hydrogen) atoms. The third-order valence-electron chi connectivity index (χ3n) is 3.92. The van der Waals surface area contributed by atoms with Crippen LogP contribution >= 0.6 is 0 Å². The fourth-order valence-corrected chi connectivity index (χ4v) is 2.60. The van der Waals surface area contributed by atoms with Crippen LogP contribution in [0.25, 0.3) is 0 Å². The molecule has 0 saturated carbocycles. The van der Waals surface area contributed by atoms with Crippen molar-refractivity contribution in [1.29, 1.82) is 0 Å². The van der Waals surface area contributed by atoms with Gasteiger partial charge in [0, 0.05) is 11.0 Å².